The molecule has 0 aliphatic carbocycles. The molecular formula is C62H98O6. The molecule has 0 saturated heterocycles. The van der Waals surface area contributed by atoms with Gasteiger partial charge in [-0.3, -0.25) is 14.4 Å². The molecule has 0 aromatic carbocycles. The van der Waals surface area contributed by atoms with E-state index in [1.165, 1.54) is 51.4 Å². The zero-order valence-electron chi connectivity index (χ0n) is 43.6. The summed E-state index contributed by atoms with van der Waals surface area (Å²) in [5.74, 6) is -1.04. The third-order valence-corrected chi connectivity index (χ3v) is 10.9. The maximum atomic E-state index is 12.8. The summed E-state index contributed by atoms with van der Waals surface area (Å²) >= 11 is 0. The van der Waals surface area contributed by atoms with Crippen LogP contribution < -0.4 is 0 Å². The number of rotatable bonds is 47. The molecule has 1 unspecified atom stereocenters. The first kappa shape index (κ1) is 63.5. The Bertz CT molecular complexity index is 1500. The van der Waals surface area contributed by atoms with Crippen LogP contribution in [0.15, 0.2) is 134 Å². The number of unbranched alkanes of at least 4 members (excludes halogenated alkanes) is 14. The molecule has 0 amide bonds. The first-order valence-electron chi connectivity index (χ1n) is 27.2. The van der Waals surface area contributed by atoms with Gasteiger partial charge in [-0.15, -0.1) is 0 Å². The van der Waals surface area contributed by atoms with Crippen LogP contribution in [0.4, 0.5) is 0 Å². The summed E-state index contributed by atoms with van der Waals surface area (Å²) in [4.78, 5) is 38.1. The van der Waals surface area contributed by atoms with Gasteiger partial charge in [-0.2, -0.15) is 0 Å². The van der Waals surface area contributed by atoms with E-state index in [4.69, 9.17) is 14.2 Å². The number of allylic oxidation sites excluding steroid dienone is 22. The molecule has 0 aliphatic heterocycles. The van der Waals surface area contributed by atoms with Crippen molar-refractivity contribution in [2.24, 2.45) is 0 Å². The van der Waals surface area contributed by atoms with Gasteiger partial charge in [-0.25, -0.2) is 0 Å². The van der Waals surface area contributed by atoms with Crippen LogP contribution in [0.3, 0.4) is 0 Å². The minimum atomic E-state index is -0.827. The molecule has 0 bridgehead atoms. The minimum Gasteiger partial charge on any atom is -0.462 e. The monoisotopic (exact) mass is 939 g/mol. The van der Waals surface area contributed by atoms with Crippen LogP contribution in [0.25, 0.3) is 0 Å². The highest BCUT2D eigenvalue weighted by Crippen LogP contribution is 2.13. The van der Waals surface area contributed by atoms with E-state index in [0.29, 0.717) is 19.3 Å². The van der Waals surface area contributed by atoms with Gasteiger partial charge in [-0.05, 0) is 122 Å². The number of carbonyl (C=O) groups excluding carboxylic acids is 3. The number of ether oxygens (including phenoxy) is 3. The van der Waals surface area contributed by atoms with Gasteiger partial charge < -0.3 is 14.2 Å². The zero-order valence-corrected chi connectivity index (χ0v) is 43.6. The molecule has 6 nitrogen and oxygen atoms in total. The van der Waals surface area contributed by atoms with Crippen molar-refractivity contribution >= 4 is 17.9 Å². The molecule has 68 heavy (non-hydrogen) atoms. The van der Waals surface area contributed by atoms with Crippen molar-refractivity contribution < 1.29 is 28.6 Å². The lowest BCUT2D eigenvalue weighted by Crippen LogP contribution is -2.30. The number of hydrogen-bond acceptors (Lipinski definition) is 6. The van der Waals surface area contributed by atoms with Crippen molar-refractivity contribution in [3.63, 3.8) is 0 Å². The van der Waals surface area contributed by atoms with Crippen molar-refractivity contribution in [3.05, 3.63) is 134 Å². The molecule has 1 atom stereocenters. The van der Waals surface area contributed by atoms with E-state index in [9.17, 15) is 14.4 Å². The van der Waals surface area contributed by atoms with E-state index in [2.05, 4.69) is 142 Å². The second kappa shape index (κ2) is 55.1. The Morgan fingerprint density at radius 3 is 0.985 bits per heavy atom. The van der Waals surface area contributed by atoms with Crippen molar-refractivity contribution in [1.82, 2.24) is 0 Å². The SMILES string of the molecule is CC/C=C\C/C=C\C/C=C\C/C=C\C/C=C\C/C=C\CCC(=O)OCC(COC(=O)CCCCCC/C=C\C/C=C\C/C=C\CC)OC(=O)CCCCCCCCC/C=C\C/C=C\CCCCC. The van der Waals surface area contributed by atoms with Crippen LogP contribution in [0.5, 0.6) is 0 Å². The Morgan fingerprint density at radius 2 is 0.603 bits per heavy atom. The highest BCUT2D eigenvalue weighted by Gasteiger charge is 2.19. The summed E-state index contributed by atoms with van der Waals surface area (Å²) < 4.78 is 16.7. The summed E-state index contributed by atoms with van der Waals surface area (Å²) in [6, 6.07) is 0. The fourth-order valence-corrected chi connectivity index (χ4v) is 6.86. The first-order valence-corrected chi connectivity index (χ1v) is 27.2. The van der Waals surface area contributed by atoms with Crippen molar-refractivity contribution in [2.75, 3.05) is 13.2 Å². The predicted molar refractivity (Wildman–Crippen MR) is 292 cm³/mol. The maximum Gasteiger partial charge on any atom is 0.306 e. The lowest BCUT2D eigenvalue weighted by molar-refractivity contribution is -0.166. The van der Waals surface area contributed by atoms with Gasteiger partial charge in [0.2, 0.25) is 0 Å². The third-order valence-electron chi connectivity index (χ3n) is 10.9. The Hall–Kier alpha value is -4.45. The molecule has 0 aromatic rings. The van der Waals surface area contributed by atoms with E-state index in [0.717, 1.165) is 122 Å². The average Bonchev–Trinajstić information content (AvgIpc) is 3.34. The molecule has 0 aromatic heterocycles. The lowest BCUT2D eigenvalue weighted by atomic mass is 10.1. The topological polar surface area (TPSA) is 78.9 Å². The van der Waals surface area contributed by atoms with Crippen LogP contribution in [0.1, 0.15) is 220 Å². The van der Waals surface area contributed by atoms with E-state index < -0.39 is 6.10 Å². The zero-order chi connectivity index (χ0) is 49.3. The van der Waals surface area contributed by atoms with Gasteiger partial charge in [0.15, 0.2) is 6.10 Å². The van der Waals surface area contributed by atoms with Crippen molar-refractivity contribution in [3.8, 4) is 0 Å². The highest BCUT2D eigenvalue weighted by molar-refractivity contribution is 5.71. The third kappa shape index (κ3) is 52.5. The molecular weight excluding hydrogens is 841 g/mol. The molecule has 0 radical (unpaired) electrons. The summed E-state index contributed by atoms with van der Waals surface area (Å²) in [6.07, 6.45) is 77.3. The standard InChI is InChI=1S/C62H98O6/c1-4-7-10-13-16-19-22-25-28-30-31-33-34-37-40-43-46-49-52-55-61(64)67-58-59(57-66-60(63)54-51-48-45-42-39-36-27-24-21-18-15-12-9-6-3)68-62(65)56-53-50-47-44-41-38-35-32-29-26-23-20-17-14-11-8-5-2/h7,9-10,12,16-21,25-29,31,33,36-37,40,46,49,59H,4-6,8,11,13-15,22-24,30,32,34-35,38-39,41-45,47-48,50-58H2,1-3H3/b10-7-,12-9-,19-16-,20-17-,21-18-,28-25-,29-26-,33-31-,36-27-,40-37-,49-46-. The second-order valence-corrected chi connectivity index (χ2v) is 17.4. The number of carbonyl (C=O) groups is 3. The Morgan fingerprint density at radius 1 is 0.309 bits per heavy atom. The van der Waals surface area contributed by atoms with Crippen LogP contribution in [-0.2, 0) is 28.6 Å². The van der Waals surface area contributed by atoms with E-state index in [1.807, 2.05) is 12.2 Å². The summed E-state index contributed by atoms with van der Waals surface area (Å²) in [7, 11) is 0. The van der Waals surface area contributed by atoms with Gasteiger partial charge >= 0.3 is 17.9 Å². The van der Waals surface area contributed by atoms with E-state index in [1.54, 1.807) is 0 Å². The predicted octanol–water partition coefficient (Wildman–Crippen LogP) is 18.3. The van der Waals surface area contributed by atoms with Crippen LogP contribution in [0.2, 0.25) is 0 Å². The molecule has 0 fully saturated rings. The second-order valence-electron chi connectivity index (χ2n) is 17.4. The summed E-state index contributed by atoms with van der Waals surface area (Å²) in [6.45, 7) is 6.28. The minimum absolute atomic E-state index is 0.121. The molecule has 0 heterocycles. The van der Waals surface area contributed by atoms with E-state index >= 15 is 0 Å². The number of esters is 3. The van der Waals surface area contributed by atoms with Gasteiger partial charge in [0.1, 0.15) is 13.2 Å². The Balaban J connectivity index is 4.57. The Kier molecular flexibility index (Phi) is 51.5. The largest absolute Gasteiger partial charge is 0.462 e. The normalized spacial score (nSPS) is 13.2. The first-order chi connectivity index (χ1) is 33.5. The van der Waals surface area contributed by atoms with Crippen LogP contribution in [-0.4, -0.2) is 37.2 Å². The lowest BCUT2D eigenvalue weighted by Gasteiger charge is -2.18. The molecule has 0 rings (SSSR count). The van der Waals surface area contributed by atoms with Crippen LogP contribution in [0, 0.1) is 0 Å². The fourth-order valence-electron chi connectivity index (χ4n) is 6.86. The van der Waals surface area contributed by atoms with Gasteiger partial charge in [0, 0.05) is 19.3 Å². The van der Waals surface area contributed by atoms with Gasteiger partial charge in [-0.1, -0.05) is 212 Å². The van der Waals surface area contributed by atoms with Crippen molar-refractivity contribution in [2.45, 2.75) is 226 Å². The van der Waals surface area contributed by atoms with Gasteiger partial charge in [0.05, 0.1) is 0 Å². The quantitative estimate of drug-likeness (QED) is 0.0262. The molecule has 0 aliphatic rings. The molecule has 0 N–H and O–H groups in total. The smallest absolute Gasteiger partial charge is 0.306 e. The van der Waals surface area contributed by atoms with Crippen LogP contribution >= 0.6 is 0 Å². The molecule has 6 heteroatoms. The molecule has 382 valence electrons. The summed E-state index contributed by atoms with van der Waals surface area (Å²) in [5.41, 5.74) is 0. The van der Waals surface area contributed by atoms with E-state index in [-0.39, 0.29) is 37.5 Å². The fraction of sp³-hybridized carbons (Fsp3) is 0.597. The molecule has 0 saturated carbocycles. The number of hydrogen-bond donors (Lipinski definition) is 0. The van der Waals surface area contributed by atoms with Crippen molar-refractivity contribution in [1.29, 1.82) is 0 Å². The highest BCUT2D eigenvalue weighted by atomic mass is 16.6. The van der Waals surface area contributed by atoms with Gasteiger partial charge in [0.25, 0.3) is 0 Å². The summed E-state index contributed by atoms with van der Waals surface area (Å²) in [5, 5.41) is 0. The average molecular weight is 939 g/mol. The Labute approximate surface area is 417 Å². The molecule has 0 spiro atoms. The maximum absolute atomic E-state index is 12.8.